The molecule has 0 aromatic heterocycles. The van der Waals surface area contributed by atoms with Crippen LogP contribution in [0.2, 0.25) is 0 Å². The van der Waals surface area contributed by atoms with Gasteiger partial charge < -0.3 is 34.5 Å². The Labute approximate surface area is 171 Å². The molecule has 0 N–H and O–H groups in total. The van der Waals surface area contributed by atoms with Gasteiger partial charge in [0, 0.05) is 0 Å². The van der Waals surface area contributed by atoms with Crippen LogP contribution in [0.5, 0.6) is 0 Å². The maximum absolute atomic E-state index is 9.75. The van der Waals surface area contributed by atoms with E-state index in [1.807, 2.05) is 0 Å². The van der Waals surface area contributed by atoms with Crippen molar-refractivity contribution in [2.24, 2.45) is 0 Å². The molecule has 0 nitrogen and oxygen atoms in total. The molecular formula is B2CsF8Rb. The molecule has 0 amide bonds. The largest absolute Gasteiger partial charge is 1.00 e. The Balaban J connectivity index is -0.0000000457. The summed E-state index contributed by atoms with van der Waals surface area (Å²) < 4.78 is 78.0. The topological polar surface area (TPSA) is 0 Å². The summed E-state index contributed by atoms with van der Waals surface area (Å²) in [7, 11) is -12.0. The van der Waals surface area contributed by atoms with E-state index in [2.05, 4.69) is 0 Å². The van der Waals surface area contributed by atoms with Crippen molar-refractivity contribution in [2.45, 2.75) is 0 Å². The van der Waals surface area contributed by atoms with E-state index in [9.17, 15) is 34.5 Å². The van der Waals surface area contributed by atoms with E-state index in [1.54, 1.807) is 0 Å². The van der Waals surface area contributed by atoms with Gasteiger partial charge in [-0.25, -0.2) is 0 Å². The van der Waals surface area contributed by atoms with Gasteiger partial charge in [0.15, 0.2) is 0 Å². The van der Waals surface area contributed by atoms with Crippen LogP contribution in [-0.4, -0.2) is 14.5 Å². The molecule has 0 aromatic rings. The SMILES string of the molecule is F[B-](F)(F)F.F[B-](F)(F)F.[Cs+].[Rb+]. The zero-order valence-electron chi connectivity index (χ0n) is 6.18. The summed E-state index contributed by atoms with van der Waals surface area (Å²) in [6.45, 7) is 0. The van der Waals surface area contributed by atoms with Gasteiger partial charge in [-0.1, -0.05) is 0 Å². The molecule has 0 fully saturated rings. The minimum absolute atomic E-state index is 0. The molecule has 0 bridgehead atoms. The summed E-state index contributed by atoms with van der Waals surface area (Å²) >= 11 is 0. The molecule has 0 unspecified atom stereocenters. The molecule has 0 spiro atoms. The monoisotopic (exact) mass is 392 g/mol. The number of hydrogen-bond acceptors (Lipinski definition) is 0. The Morgan fingerprint density at radius 3 is 0.500 bits per heavy atom. The van der Waals surface area contributed by atoms with Gasteiger partial charge in [-0.15, -0.1) is 0 Å². The Hall–Kier alpha value is 3.43. The van der Waals surface area contributed by atoms with Gasteiger partial charge in [-0.2, -0.15) is 0 Å². The van der Waals surface area contributed by atoms with Gasteiger partial charge in [0.25, 0.3) is 0 Å². The summed E-state index contributed by atoms with van der Waals surface area (Å²) in [5.41, 5.74) is 0. The summed E-state index contributed by atoms with van der Waals surface area (Å²) in [6, 6.07) is 0. The van der Waals surface area contributed by atoms with Crippen LogP contribution in [-0.2, 0) is 0 Å². The molecule has 0 aliphatic rings. The van der Waals surface area contributed by atoms with E-state index < -0.39 is 14.5 Å². The van der Waals surface area contributed by atoms with Crippen molar-refractivity contribution >= 4 is 14.5 Å². The normalized spacial score (nSPS) is 10.0. The van der Waals surface area contributed by atoms with Crippen LogP contribution in [0.25, 0.3) is 0 Å². The Morgan fingerprint density at radius 2 is 0.500 bits per heavy atom. The molecule has 0 saturated carbocycles. The Bertz CT molecular complexity index is 60.0. The molecule has 0 atom stereocenters. The van der Waals surface area contributed by atoms with Gasteiger partial charge in [0.2, 0.25) is 0 Å². The average Bonchev–Trinajstić information content (AvgIpc) is 1.12. The molecule has 0 saturated heterocycles. The average molecular weight is 392 g/mol. The molecule has 0 radical (unpaired) electrons. The smallest absolute Gasteiger partial charge is 0.418 e. The first-order valence-electron chi connectivity index (χ1n) is 1.75. The van der Waals surface area contributed by atoms with Crippen LogP contribution in [0.1, 0.15) is 0 Å². The second-order valence-corrected chi connectivity index (χ2v) is 0.990. The standard InChI is InChI=1S/2BF4.Cs.Rb/c2*2-1(3,4)5;;/q2*-1;2*+1. The van der Waals surface area contributed by atoms with Gasteiger partial charge >= 0.3 is 142 Å². The van der Waals surface area contributed by atoms with Crippen molar-refractivity contribution in [3.05, 3.63) is 0 Å². The molecule has 0 aromatic carbocycles. The Kier molecular flexibility index (Phi) is 22.4. The van der Waals surface area contributed by atoms with Gasteiger partial charge in [-0.05, 0) is 0 Å². The maximum atomic E-state index is 9.75. The van der Waals surface area contributed by atoms with Crippen molar-refractivity contribution in [1.29, 1.82) is 0 Å². The van der Waals surface area contributed by atoms with E-state index in [0.29, 0.717) is 0 Å². The maximum Gasteiger partial charge on any atom is 1.00 e. The van der Waals surface area contributed by atoms with Crippen molar-refractivity contribution in [1.82, 2.24) is 0 Å². The number of halogens is 8. The first-order valence-corrected chi connectivity index (χ1v) is 1.75. The van der Waals surface area contributed by atoms with E-state index >= 15 is 0 Å². The van der Waals surface area contributed by atoms with Gasteiger partial charge in [-0.3, -0.25) is 0 Å². The predicted molar refractivity (Wildman–Crippen MR) is 20.4 cm³/mol. The van der Waals surface area contributed by atoms with Crippen LogP contribution in [0.15, 0.2) is 0 Å². The molecule has 0 aliphatic heterocycles. The third-order valence-corrected chi connectivity index (χ3v) is 0. The second-order valence-electron chi connectivity index (χ2n) is 0.990. The zero-order chi connectivity index (χ0) is 9.00. The molecule has 0 rings (SSSR count). The molecule has 0 heterocycles. The third kappa shape index (κ3) is 177. The van der Waals surface area contributed by atoms with Crippen LogP contribution in [0.3, 0.4) is 0 Å². The molecule has 64 valence electrons. The van der Waals surface area contributed by atoms with Gasteiger partial charge in [0.1, 0.15) is 0 Å². The van der Waals surface area contributed by atoms with Crippen LogP contribution >= 0.6 is 0 Å². The molecule has 0 aliphatic carbocycles. The summed E-state index contributed by atoms with van der Waals surface area (Å²) in [5.74, 6) is 0. The number of rotatable bonds is 0. The van der Waals surface area contributed by atoms with E-state index in [0.717, 1.165) is 0 Å². The zero-order valence-corrected chi connectivity index (χ0v) is 17.4. The quantitative estimate of drug-likeness (QED) is 0.298. The van der Waals surface area contributed by atoms with Crippen LogP contribution in [0.4, 0.5) is 34.5 Å². The summed E-state index contributed by atoms with van der Waals surface area (Å²) in [4.78, 5) is 0. The van der Waals surface area contributed by atoms with E-state index in [4.69, 9.17) is 0 Å². The van der Waals surface area contributed by atoms with Crippen molar-refractivity contribution in [2.75, 3.05) is 0 Å². The van der Waals surface area contributed by atoms with Crippen molar-refractivity contribution in [3.63, 3.8) is 0 Å². The van der Waals surface area contributed by atoms with Crippen molar-refractivity contribution < 1.29 is 162 Å². The minimum atomic E-state index is -6.00. The van der Waals surface area contributed by atoms with E-state index in [-0.39, 0.29) is 127 Å². The molecular weight excluding hydrogens is 392 g/mol. The molecule has 12 heteroatoms. The first-order chi connectivity index (χ1) is 4.00. The summed E-state index contributed by atoms with van der Waals surface area (Å²) in [5, 5.41) is 0. The van der Waals surface area contributed by atoms with Crippen molar-refractivity contribution in [3.8, 4) is 0 Å². The minimum Gasteiger partial charge on any atom is -0.418 e. The fraction of sp³-hybridized carbons (Fsp3) is 0. The fourth-order valence-corrected chi connectivity index (χ4v) is 0. The van der Waals surface area contributed by atoms with Crippen LogP contribution < -0.4 is 127 Å². The van der Waals surface area contributed by atoms with E-state index in [1.165, 1.54) is 0 Å². The van der Waals surface area contributed by atoms with Crippen LogP contribution in [0, 0.1) is 0 Å². The second kappa shape index (κ2) is 10.9. The van der Waals surface area contributed by atoms with Gasteiger partial charge in [0.05, 0.1) is 0 Å². The fourth-order valence-electron chi connectivity index (χ4n) is 0. The summed E-state index contributed by atoms with van der Waals surface area (Å²) in [6.07, 6.45) is 0. The molecule has 12 heavy (non-hydrogen) atoms. The number of hydrogen-bond donors (Lipinski definition) is 0. The Morgan fingerprint density at radius 1 is 0.500 bits per heavy atom. The third-order valence-electron chi connectivity index (χ3n) is 0. The first kappa shape index (κ1) is 24.6. The predicted octanol–water partition coefficient (Wildman–Crippen LogP) is -3.39.